The second-order valence-electron chi connectivity index (χ2n) is 4.17. The Hall–Kier alpha value is -1.83. The molecule has 1 aliphatic rings. The van der Waals surface area contributed by atoms with Crippen LogP contribution in [-0.4, -0.2) is 67.4 Å². The molecule has 1 aliphatic heterocycles. The van der Waals surface area contributed by atoms with E-state index in [-0.39, 0.29) is 6.61 Å². The number of carboxylic acids is 1. The molecule has 0 aromatic heterocycles. The first kappa shape index (κ1) is 15.2. The molecule has 0 bridgehead atoms. The molecule has 2 amide bonds. The van der Waals surface area contributed by atoms with E-state index in [1.165, 1.54) is 19.1 Å². The number of nitrogens with one attached hydrogen (secondary N) is 1. The van der Waals surface area contributed by atoms with Gasteiger partial charge < -0.3 is 24.8 Å². The second-order valence-corrected chi connectivity index (χ2v) is 4.17. The minimum Gasteiger partial charge on any atom is -0.480 e. The normalized spacial score (nSPS) is 19.9. The number of urea groups is 1. The highest BCUT2D eigenvalue weighted by atomic mass is 16.5. The molecular formula is C11H18N2O6. The van der Waals surface area contributed by atoms with E-state index < -0.39 is 30.1 Å². The summed E-state index contributed by atoms with van der Waals surface area (Å²) in [4.78, 5) is 35.6. The highest BCUT2D eigenvalue weighted by Gasteiger charge is 2.36. The molecule has 8 heteroatoms. The van der Waals surface area contributed by atoms with E-state index in [4.69, 9.17) is 9.84 Å². The molecule has 0 aromatic rings. The topological polar surface area (TPSA) is 105 Å². The lowest BCUT2D eigenvalue weighted by Crippen LogP contribution is -2.52. The summed E-state index contributed by atoms with van der Waals surface area (Å²) in [5, 5.41) is 11.2. The van der Waals surface area contributed by atoms with Crippen molar-refractivity contribution < 1.29 is 29.0 Å². The quantitative estimate of drug-likeness (QED) is 0.651. The number of aliphatic carboxylic acids is 1. The van der Waals surface area contributed by atoms with Gasteiger partial charge in [0.05, 0.1) is 13.7 Å². The molecule has 108 valence electrons. The molecule has 0 radical (unpaired) electrons. The number of carboxylic acid groups (broad SMARTS) is 1. The van der Waals surface area contributed by atoms with Gasteiger partial charge >= 0.3 is 18.0 Å². The fraction of sp³-hybridized carbons (Fsp3) is 0.727. The zero-order valence-electron chi connectivity index (χ0n) is 10.9. The molecular weight excluding hydrogens is 256 g/mol. The highest BCUT2D eigenvalue weighted by molar-refractivity contribution is 5.87. The second kappa shape index (κ2) is 6.93. The number of likely N-dealkylation sites (tertiary alicyclic amines) is 1. The lowest BCUT2D eigenvalue weighted by atomic mass is 10.2. The van der Waals surface area contributed by atoms with Gasteiger partial charge in [0.15, 0.2) is 6.04 Å². The molecule has 1 heterocycles. The minimum absolute atomic E-state index is 0.141. The van der Waals surface area contributed by atoms with Crippen molar-refractivity contribution in [3.8, 4) is 0 Å². The SMILES string of the molecule is COCC(NC(=O)N1CCCC1C(=O)OC)C(=O)O. The Bertz CT molecular complexity index is 359. The van der Waals surface area contributed by atoms with Crippen LogP contribution in [0.25, 0.3) is 0 Å². The Kier molecular flexibility index (Phi) is 5.56. The van der Waals surface area contributed by atoms with Gasteiger partial charge in [-0.1, -0.05) is 0 Å². The first-order valence-corrected chi connectivity index (χ1v) is 5.88. The summed E-state index contributed by atoms with van der Waals surface area (Å²) in [5.41, 5.74) is 0. The van der Waals surface area contributed by atoms with Crippen molar-refractivity contribution in [3.05, 3.63) is 0 Å². The maximum Gasteiger partial charge on any atom is 0.328 e. The number of ether oxygens (including phenoxy) is 2. The van der Waals surface area contributed by atoms with Gasteiger partial charge in [0.1, 0.15) is 6.04 Å². The van der Waals surface area contributed by atoms with Crippen LogP contribution in [0.15, 0.2) is 0 Å². The highest BCUT2D eigenvalue weighted by Crippen LogP contribution is 2.18. The van der Waals surface area contributed by atoms with Crippen molar-refractivity contribution in [2.75, 3.05) is 27.4 Å². The summed E-state index contributed by atoms with van der Waals surface area (Å²) in [6, 6.07) is -2.39. The zero-order valence-corrected chi connectivity index (χ0v) is 10.9. The number of methoxy groups -OCH3 is 2. The molecule has 1 fully saturated rings. The first-order chi connectivity index (χ1) is 9.01. The Labute approximate surface area is 110 Å². The summed E-state index contributed by atoms with van der Waals surface area (Å²) < 4.78 is 9.33. The molecule has 2 unspecified atom stereocenters. The summed E-state index contributed by atoms with van der Waals surface area (Å²) in [6.45, 7) is 0.253. The van der Waals surface area contributed by atoms with E-state index in [0.717, 1.165) is 0 Å². The van der Waals surface area contributed by atoms with Gasteiger partial charge in [-0.05, 0) is 12.8 Å². The monoisotopic (exact) mass is 274 g/mol. The standard InChI is InChI=1S/C11H18N2O6/c1-18-6-7(9(14)15)12-11(17)13-5-3-4-8(13)10(16)19-2/h7-8H,3-6H2,1-2H3,(H,12,17)(H,14,15). The van der Waals surface area contributed by atoms with Crippen LogP contribution in [0.1, 0.15) is 12.8 Å². The van der Waals surface area contributed by atoms with E-state index in [1.54, 1.807) is 0 Å². The van der Waals surface area contributed by atoms with Gasteiger partial charge in [0.2, 0.25) is 0 Å². The molecule has 1 saturated heterocycles. The Morgan fingerprint density at radius 1 is 1.42 bits per heavy atom. The van der Waals surface area contributed by atoms with E-state index in [9.17, 15) is 14.4 Å². The predicted molar refractivity (Wildman–Crippen MR) is 63.6 cm³/mol. The van der Waals surface area contributed by atoms with E-state index >= 15 is 0 Å². The number of carbonyl (C=O) groups excluding carboxylic acids is 2. The summed E-state index contributed by atoms with van der Waals surface area (Å²) in [6.07, 6.45) is 1.19. The number of hydrogen-bond donors (Lipinski definition) is 2. The predicted octanol–water partition coefficient (Wildman–Crippen LogP) is -0.567. The molecule has 0 spiro atoms. The minimum atomic E-state index is -1.19. The third-order valence-electron chi connectivity index (χ3n) is 2.92. The average molecular weight is 274 g/mol. The van der Waals surface area contributed by atoms with Crippen molar-refractivity contribution >= 4 is 18.0 Å². The van der Waals surface area contributed by atoms with Crippen LogP contribution < -0.4 is 5.32 Å². The number of esters is 1. The van der Waals surface area contributed by atoms with Crippen LogP contribution in [0.3, 0.4) is 0 Å². The molecule has 8 nitrogen and oxygen atoms in total. The summed E-state index contributed by atoms with van der Waals surface area (Å²) >= 11 is 0. The summed E-state index contributed by atoms with van der Waals surface area (Å²) in [7, 11) is 2.59. The van der Waals surface area contributed by atoms with Crippen molar-refractivity contribution in [1.82, 2.24) is 10.2 Å². The van der Waals surface area contributed by atoms with Gasteiger partial charge in [-0.3, -0.25) is 0 Å². The van der Waals surface area contributed by atoms with E-state index in [0.29, 0.717) is 19.4 Å². The Morgan fingerprint density at radius 2 is 2.11 bits per heavy atom. The number of nitrogens with zero attached hydrogens (tertiary/aromatic N) is 1. The van der Waals surface area contributed by atoms with E-state index in [2.05, 4.69) is 10.1 Å². The smallest absolute Gasteiger partial charge is 0.328 e. The Morgan fingerprint density at radius 3 is 2.63 bits per heavy atom. The van der Waals surface area contributed by atoms with Crippen molar-refractivity contribution in [1.29, 1.82) is 0 Å². The zero-order chi connectivity index (χ0) is 14.4. The van der Waals surface area contributed by atoms with Gasteiger partial charge in [-0.15, -0.1) is 0 Å². The van der Waals surface area contributed by atoms with Crippen molar-refractivity contribution in [2.24, 2.45) is 0 Å². The third kappa shape index (κ3) is 3.82. The Balaban J connectivity index is 2.65. The number of rotatable bonds is 5. The fourth-order valence-corrected chi connectivity index (χ4v) is 1.96. The van der Waals surface area contributed by atoms with Gasteiger partial charge in [0.25, 0.3) is 0 Å². The van der Waals surface area contributed by atoms with Gasteiger partial charge in [0, 0.05) is 13.7 Å². The number of amides is 2. The molecule has 0 saturated carbocycles. The van der Waals surface area contributed by atoms with Crippen molar-refractivity contribution in [3.63, 3.8) is 0 Å². The van der Waals surface area contributed by atoms with Crippen molar-refractivity contribution in [2.45, 2.75) is 24.9 Å². The number of hydrogen-bond acceptors (Lipinski definition) is 5. The van der Waals surface area contributed by atoms with Crippen LogP contribution in [0.5, 0.6) is 0 Å². The van der Waals surface area contributed by atoms with Crippen LogP contribution in [0.4, 0.5) is 4.79 Å². The lowest BCUT2D eigenvalue weighted by molar-refractivity contribution is -0.144. The van der Waals surface area contributed by atoms with Crippen LogP contribution in [0, 0.1) is 0 Å². The van der Waals surface area contributed by atoms with Crippen LogP contribution in [0.2, 0.25) is 0 Å². The maximum atomic E-state index is 12.0. The molecule has 19 heavy (non-hydrogen) atoms. The molecule has 0 aliphatic carbocycles. The van der Waals surface area contributed by atoms with Gasteiger partial charge in [-0.25, -0.2) is 14.4 Å². The molecule has 0 aromatic carbocycles. The first-order valence-electron chi connectivity index (χ1n) is 5.88. The average Bonchev–Trinajstić information content (AvgIpc) is 2.86. The van der Waals surface area contributed by atoms with Crippen LogP contribution >= 0.6 is 0 Å². The summed E-state index contributed by atoms with van der Waals surface area (Å²) in [5.74, 6) is -1.68. The molecule has 1 rings (SSSR count). The lowest BCUT2D eigenvalue weighted by Gasteiger charge is -2.24. The fourth-order valence-electron chi connectivity index (χ4n) is 1.96. The van der Waals surface area contributed by atoms with Gasteiger partial charge in [-0.2, -0.15) is 0 Å². The number of carbonyl (C=O) groups is 3. The molecule has 2 N–H and O–H groups in total. The maximum absolute atomic E-state index is 12.0. The van der Waals surface area contributed by atoms with Crippen LogP contribution in [-0.2, 0) is 19.1 Å². The molecule has 2 atom stereocenters. The van der Waals surface area contributed by atoms with E-state index in [1.807, 2.05) is 0 Å². The third-order valence-corrected chi connectivity index (χ3v) is 2.92. The largest absolute Gasteiger partial charge is 0.480 e.